The molecule has 0 saturated carbocycles. The Labute approximate surface area is 174 Å². The van der Waals surface area contributed by atoms with Gasteiger partial charge < -0.3 is 19.0 Å². The van der Waals surface area contributed by atoms with Gasteiger partial charge in [-0.1, -0.05) is 50.2 Å². The Morgan fingerprint density at radius 1 is 1.20 bits per heavy atom. The fourth-order valence-electron chi connectivity index (χ4n) is 2.08. The van der Waals surface area contributed by atoms with Crippen molar-refractivity contribution < 1.29 is 56.5 Å². The molecule has 1 unspecified atom stereocenters. The molecular weight excluding hydrogens is 401 g/mol. The van der Waals surface area contributed by atoms with E-state index in [1.807, 2.05) is 50.5 Å². The van der Waals surface area contributed by atoms with E-state index < -0.39 is 23.8 Å². The summed E-state index contributed by atoms with van der Waals surface area (Å²) in [6.07, 6.45) is 1.19. The number of hydrogen-bond acceptors (Lipinski definition) is 6. The summed E-state index contributed by atoms with van der Waals surface area (Å²) < 4.78 is 15.4. The minimum Gasteiger partial charge on any atom is -0.540 e. The third kappa shape index (κ3) is 8.88. The number of rotatable bonds is 10. The molecule has 8 heteroatoms. The van der Waals surface area contributed by atoms with Crippen molar-refractivity contribution in [3.63, 3.8) is 0 Å². The van der Waals surface area contributed by atoms with E-state index in [4.69, 9.17) is 14.2 Å². The van der Waals surface area contributed by atoms with E-state index in [0.717, 1.165) is 5.56 Å². The summed E-state index contributed by atoms with van der Waals surface area (Å²) in [6, 6.07) is 8.54. The molecule has 0 fully saturated rings. The fourth-order valence-corrected chi connectivity index (χ4v) is 2.08. The molecule has 7 nitrogen and oxygen atoms in total. The van der Waals surface area contributed by atoms with E-state index in [1.165, 1.54) is 14.2 Å². The molecule has 0 aliphatic carbocycles. The van der Waals surface area contributed by atoms with Gasteiger partial charge in [0, 0.05) is 53.3 Å². The zero-order valence-electron chi connectivity index (χ0n) is 15.1. The third-order valence-corrected chi connectivity index (χ3v) is 3.65. The summed E-state index contributed by atoms with van der Waals surface area (Å²) in [5.74, 6) is 0. The normalized spacial score (nSPS) is 12.2. The van der Waals surface area contributed by atoms with Gasteiger partial charge in [-0.2, -0.15) is 0 Å². The monoisotopic (exact) mass is 426 g/mol. The molecule has 1 rings (SSSR count). The molecule has 0 bridgehead atoms. The molecule has 1 amide bonds. The Kier molecular flexibility index (Phi) is 12.1. The van der Waals surface area contributed by atoms with E-state index in [-0.39, 0.29) is 39.3 Å². The Morgan fingerprint density at radius 2 is 1.80 bits per heavy atom. The van der Waals surface area contributed by atoms with Crippen LogP contribution >= 0.6 is 0 Å². The van der Waals surface area contributed by atoms with Crippen LogP contribution in [0.5, 0.6) is 0 Å². The number of hydrogen-bond donors (Lipinski definition) is 2. The standard InChI is InChI=1S/C17H25N2O5.Y/c1-17(2,10-15(22-3)23-4)14(11-20)18-19-16(21)24-12-13-8-6-5-7-9-13;/h5-9,14-15,18H,10,12H2,1-4H3,(H,19,21);/q-1;. The second-order valence-corrected chi connectivity index (χ2v) is 5.98. The Bertz CT molecular complexity index is 509. The van der Waals surface area contributed by atoms with Crippen molar-refractivity contribution in [3.05, 3.63) is 35.9 Å². The van der Waals surface area contributed by atoms with E-state index in [1.54, 1.807) is 0 Å². The van der Waals surface area contributed by atoms with E-state index in [0.29, 0.717) is 6.42 Å². The maximum Gasteiger partial charge on any atom is 0.421 e. The number of amides is 1. The summed E-state index contributed by atoms with van der Waals surface area (Å²) in [7, 11) is 3.05. The second kappa shape index (κ2) is 12.5. The fraction of sp³-hybridized carbons (Fsp3) is 0.529. The van der Waals surface area contributed by atoms with Crippen LogP contribution < -0.4 is 10.9 Å². The summed E-state index contributed by atoms with van der Waals surface area (Å²) in [6.45, 7) is 3.83. The van der Waals surface area contributed by atoms with Gasteiger partial charge in [0.1, 0.15) is 6.61 Å². The van der Waals surface area contributed by atoms with Crippen molar-refractivity contribution in [2.45, 2.75) is 39.2 Å². The molecule has 1 aromatic rings. The summed E-state index contributed by atoms with van der Waals surface area (Å²) >= 11 is 0. The van der Waals surface area contributed by atoms with E-state index in [2.05, 4.69) is 10.9 Å². The predicted octanol–water partition coefficient (Wildman–Crippen LogP) is 1.93. The molecule has 0 spiro atoms. The van der Waals surface area contributed by atoms with Crippen molar-refractivity contribution in [1.82, 2.24) is 10.9 Å². The van der Waals surface area contributed by atoms with Crippen LogP contribution in [-0.4, -0.2) is 38.9 Å². The van der Waals surface area contributed by atoms with E-state index >= 15 is 0 Å². The first-order valence-corrected chi connectivity index (χ1v) is 7.58. The van der Waals surface area contributed by atoms with Crippen LogP contribution in [0.15, 0.2) is 30.3 Å². The number of hydrazine groups is 1. The Hall–Kier alpha value is -0.856. The molecule has 137 valence electrons. The van der Waals surface area contributed by atoms with Crippen LogP contribution in [-0.2, 0) is 58.3 Å². The molecule has 2 N–H and O–H groups in total. The largest absolute Gasteiger partial charge is 0.540 e. The van der Waals surface area contributed by atoms with Crippen molar-refractivity contribution >= 4 is 12.4 Å². The summed E-state index contributed by atoms with van der Waals surface area (Å²) in [5.41, 5.74) is 5.31. The first-order chi connectivity index (χ1) is 11.4. The molecule has 1 aromatic carbocycles. The van der Waals surface area contributed by atoms with Gasteiger partial charge in [-0.05, 0) is 11.0 Å². The number of benzene rings is 1. The second-order valence-electron chi connectivity index (χ2n) is 5.98. The van der Waals surface area contributed by atoms with Crippen molar-refractivity contribution in [3.8, 4) is 0 Å². The van der Waals surface area contributed by atoms with E-state index in [9.17, 15) is 9.59 Å². The predicted molar refractivity (Wildman–Crippen MR) is 88.6 cm³/mol. The van der Waals surface area contributed by atoms with Crippen molar-refractivity contribution in [2.75, 3.05) is 14.2 Å². The van der Waals surface area contributed by atoms with Crippen LogP contribution in [0.1, 0.15) is 25.8 Å². The molecule has 25 heavy (non-hydrogen) atoms. The molecule has 0 aromatic heterocycles. The Morgan fingerprint density at radius 3 is 2.32 bits per heavy atom. The Balaban J connectivity index is 0.00000576. The number of carbonyl (C=O) groups excluding carboxylic acids is 2. The minimum atomic E-state index is -0.755. The van der Waals surface area contributed by atoms with Crippen LogP contribution in [0.25, 0.3) is 0 Å². The number of carbonyl (C=O) groups is 1. The van der Waals surface area contributed by atoms with Gasteiger partial charge in [-0.3, -0.25) is 10.9 Å². The van der Waals surface area contributed by atoms with Gasteiger partial charge >= 0.3 is 6.09 Å². The molecule has 1 atom stereocenters. The zero-order valence-corrected chi connectivity index (χ0v) is 17.9. The number of ether oxygens (including phenoxy) is 3. The smallest absolute Gasteiger partial charge is 0.421 e. The molecular formula is C17H25N2O5Y-. The molecule has 0 aliphatic heterocycles. The van der Waals surface area contributed by atoms with Gasteiger partial charge in [0.25, 0.3) is 0 Å². The third-order valence-electron chi connectivity index (χ3n) is 3.65. The van der Waals surface area contributed by atoms with Gasteiger partial charge in [-0.15, -0.1) is 0 Å². The molecule has 0 aliphatic rings. The van der Waals surface area contributed by atoms with Crippen molar-refractivity contribution in [2.24, 2.45) is 5.41 Å². The minimum absolute atomic E-state index is 0. The molecule has 1 radical (unpaired) electrons. The average Bonchev–Trinajstić information content (AvgIpc) is 2.59. The average molecular weight is 426 g/mol. The van der Waals surface area contributed by atoms with Gasteiger partial charge in [0.2, 0.25) is 0 Å². The maximum absolute atomic E-state index is 11.7. The van der Waals surface area contributed by atoms with Crippen LogP contribution in [0.2, 0.25) is 0 Å². The molecule has 0 saturated heterocycles. The van der Waals surface area contributed by atoms with Crippen LogP contribution in [0, 0.1) is 5.41 Å². The quantitative estimate of drug-likeness (QED) is 0.338. The summed E-state index contributed by atoms with van der Waals surface area (Å²) in [4.78, 5) is 23.0. The zero-order chi connectivity index (χ0) is 18.0. The maximum atomic E-state index is 11.7. The van der Waals surface area contributed by atoms with Gasteiger partial charge in [-0.25, -0.2) is 11.1 Å². The van der Waals surface area contributed by atoms with Gasteiger partial charge in [0.15, 0.2) is 6.29 Å². The first kappa shape index (κ1) is 24.1. The van der Waals surface area contributed by atoms with Crippen LogP contribution in [0.3, 0.4) is 0 Å². The SMILES string of the molecule is COC(CC(C)(C)C([C-]=O)NNC(=O)OCc1ccccc1)OC.[Y]. The van der Waals surface area contributed by atoms with Crippen molar-refractivity contribution in [1.29, 1.82) is 0 Å². The number of methoxy groups -OCH3 is 2. The number of nitrogens with one attached hydrogen (secondary N) is 2. The van der Waals surface area contributed by atoms with Crippen LogP contribution in [0.4, 0.5) is 4.79 Å². The molecule has 0 heterocycles. The summed E-state index contributed by atoms with van der Waals surface area (Å²) in [5, 5.41) is 0. The van der Waals surface area contributed by atoms with Gasteiger partial charge in [0.05, 0.1) is 0 Å². The first-order valence-electron chi connectivity index (χ1n) is 7.58. The topological polar surface area (TPSA) is 85.9 Å².